The van der Waals surface area contributed by atoms with Crippen LogP contribution in [-0.4, -0.2) is 71.7 Å². The summed E-state index contributed by atoms with van der Waals surface area (Å²) in [4.78, 5) is 49.3. The van der Waals surface area contributed by atoms with E-state index in [9.17, 15) is 19.2 Å². The molecule has 1 saturated heterocycles. The van der Waals surface area contributed by atoms with Crippen LogP contribution in [0.25, 0.3) is 0 Å². The summed E-state index contributed by atoms with van der Waals surface area (Å²) >= 11 is 0. The van der Waals surface area contributed by atoms with Gasteiger partial charge in [-0.05, 0) is 32.6 Å². The van der Waals surface area contributed by atoms with Crippen LogP contribution in [0, 0.1) is 11.8 Å². The standard InChI is InChI=1S/C21H36N4O6/c1-7-9-16(31-6)13(4)18(26)23-17(12(2)3)19(27)22-14(5)20(28)25-11-8-10-15(24-25)21(29)30/h7,9,12-17,24H,8,10-11H2,1-6H3,(H,22,27)(H,23,26)(H,29,30)/b9-7+. The molecule has 0 saturated carbocycles. The second-order valence-electron chi connectivity index (χ2n) is 8.13. The molecule has 1 heterocycles. The molecule has 1 aliphatic rings. The molecule has 0 aromatic heterocycles. The van der Waals surface area contributed by atoms with Crippen LogP contribution in [-0.2, 0) is 23.9 Å². The SMILES string of the molecule is C/C=C/C(OC)C(C)C(=O)NC(C(=O)NC(C)C(=O)N1CCCC(C(=O)O)N1)C(C)C. The van der Waals surface area contributed by atoms with Crippen LogP contribution in [0.1, 0.15) is 47.5 Å². The van der Waals surface area contributed by atoms with Crippen LogP contribution in [0.4, 0.5) is 0 Å². The van der Waals surface area contributed by atoms with Crippen molar-refractivity contribution in [3.63, 3.8) is 0 Å². The predicted octanol–water partition coefficient (Wildman–Crippen LogP) is 0.439. The topological polar surface area (TPSA) is 137 Å². The van der Waals surface area contributed by atoms with Gasteiger partial charge in [-0.1, -0.05) is 32.9 Å². The van der Waals surface area contributed by atoms with Gasteiger partial charge >= 0.3 is 5.97 Å². The molecule has 176 valence electrons. The maximum atomic E-state index is 12.8. The summed E-state index contributed by atoms with van der Waals surface area (Å²) in [5.74, 6) is -3.01. The number of nitrogens with zero attached hydrogens (tertiary/aromatic N) is 1. The van der Waals surface area contributed by atoms with Gasteiger partial charge in [0.1, 0.15) is 18.1 Å². The predicted molar refractivity (Wildman–Crippen MR) is 115 cm³/mol. The lowest BCUT2D eigenvalue weighted by molar-refractivity contribution is -0.148. The number of hydrogen-bond acceptors (Lipinski definition) is 6. The van der Waals surface area contributed by atoms with E-state index in [1.807, 2.05) is 6.92 Å². The minimum Gasteiger partial charge on any atom is -0.480 e. The van der Waals surface area contributed by atoms with Crippen molar-refractivity contribution in [1.29, 1.82) is 0 Å². The summed E-state index contributed by atoms with van der Waals surface area (Å²) in [6.07, 6.45) is 4.11. The molecule has 0 aromatic carbocycles. The normalized spacial score (nSPS) is 20.7. The summed E-state index contributed by atoms with van der Waals surface area (Å²) in [6, 6.07) is -2.57. The monoisotopic (exact) mass is 440 g/mol. The van der Waals surface area contributed by atoms with Crippen molar-refractivity contribution in [2.24, 2.45) is 11.8 Å². The molecule has 0 bridgehead atoms. The van der Waals surface area contributed by atoms with E-state index in [4.69, 9.17) is 9.84 Å². The molecule has 1 aliphatic heterocycles. The number of carboxylic acids is 1. The minimum absolute atomic E-state index is 0.217. The van der Waals surface area contributed by atoms with Crippen LogP contribution < -0.4 is 16.1 Å². The molecule has 3 amide bonds. The lowest BCUT2D eigenvalue weighted by atomic mass is 9.99. The fourth-order valence-electron chi connectivity index (χ4n) is 3.33. The average Bonchev–Trinajstić information content (AvgIpc) is 2.74. The summed E-state index contributed by atoms with van der Waals surface area (Å²) in [5, 5.41) is 15.8. The van der Waals surface area contributed by atoms with Gasteiger partial charge in [-0.15, -0.1) is 0 Å². The van der Waals surface area contributed by atoms with Crippen LogP contribution >= 0.6 is 0 Å². The van der Waals surface area contributed by atoms with E-state index in [2.05, 4.69) is 16.1 Å². The molecule has 10 nitrogen and oxygen atoms in total. The Hall–Kier alpha value is -2.46. The average molecular weight is 441 g/mol. The highest BCUT2D eigenvalue weighted by atomic mass is 16.5. The first-order valence-electron chi connectivity index (χ1n) is 10.6. The van der Waals surface area contributed by atoms with Crippen LogP contribution in [0.2, 0.25) is 0 Å². The first-order valence-corrected chi connectivity index (χ1v) is 10.6. The lowest BCUT2D eigenvalue weighted by Gasteiger charge is -2.34. The Morgan fingerprint density at radius 3 is 2.29 bits per heavy atom. The second-order valence-corrected chi connectivity index (χ2v) is 8.13. The first-order chi connectivity index (χ1) is 14.5. The number of allylic oxidation sites excluding steroid dienone is 1. The summed E-state index contributed by atoms with van der Waals surface area (Å²) < 4.78 is 5.32. The molecular weight excluding hydrogens is 404 g/mol. The quantitative estimate of drug-likeness (QED) is 0.362. The molecular formula is C21H36N4O6. The number of hydrogen-bond donors (Lipinski definition) is 4. The van der Waals surface area contributed by atoms with Crippen LogP contribution in [0.5, 0.6) is 0 Å². The maximum absolute atomic E-state index is 12.8. The Bertz CT molecular complexity index is 681. The number of ether oxygens (including phenoxy) is 1. The number of rotatable bonds is 10. The number of aliphatic carboxylic acids is 1. The zero-order valence-corrected chi connectivity index (χ0v) is 19.2. The van der Waals surface area contributed by atoms with Crippen LogP contribution in [0.3, 0.4) is 0 Å². The highest BCUT2D eigenvalue weighted by Gasteiger charge is 2.33. The van der Waals surface area contributed by atoms with E-state index in [1.165, 1.54) is 19.0 Å². The second kappa shape index (κ2) is 12.4. The third-order valence-corrected chi connectivity index (χ3v) is 5.29. The van der Waals surface area contributed by atoms with Gasteiger partial charge in [0.15, 0.2) is 0 Å². The molecule has 0 aliphatic carbocycles. The van der Waals surface area contributed by atoms with Crippen LogP contribution in [0.15, 0.2) is 12.2 Å². The zero-order chi connectivity index (χ0) is 23.7. The number of carbonyl (C=O) groups excluding carboxylic acids is 3. The Morgan fingerprint density at radius 1 is 1.13 bits per heavy atom. The largest absolute Gasteiger partial charge is 0.480 e. The Labute approximate surface area is 183 Å². The zero-order valence-electron chi connectivity index (χ0n) is 19.2. The van der Waals surface area contributed by atoms with Crippen molar-refractivity contribution in [1.82, 2.24) is 21.1 Å². The number of hydrazine groups is 1. The number of nitrogens with one attached hydrogen (secondary N) is 3. The third kappa shape index (κ3) is 7.62. The number of carboxylic acid groups (broad SMARTS) is 1. The summed E-state index contributed by atoms with van der Waals surface area (Å²) in [7, 11) is 1.51. The summed E-state index contributed by atoms with van der Waals surface area (Å²) in [6.45, 7) is 9.02. The molecule has 31 heavy (non-hydrogen) atoms. The van der Waals surface area contributed by atoms with Gasteiger partial charge < -0.3 is 20.5 Å². The molecule has 0 aromatic rings. The van der Waals surface area contributed by atoms with E-state index < -0.39 is 47.9 Å². The highest BCUT2D eigenvalue weighted by Crippen LogP contribution is 2.12. The van der Waals surface area contributed by atoms with E-state index in [0.29, 0.717) is 19.4 Å². The maximum Gasteiger partial charge on any atom is 0.322 e. The van der Waals surface area contributed by atoms with Gasteiger partial charge in [-0.25, -0.2) is 5.43 Å². The van der Waals surface area contributed by atoms with E-state index in [0.717, 1.165) is 0 Å². The van der Waals surface area contributed by atoms with Gasteiger partial charge in [0.05, 0.1) is 12.0 Å². The van der Waals surface area contributed by atoms with Gasteiger partial charge in [-0.2, -0.15) is 0 Å². The van der Waals surface area contributed by atoms with Crippen molar-refractivity contribution in [3.8, 4) is 0 Å². The van der Waals surface area contributed by atoms with E-state index in [1.54, 1.807) is 32.9 Å². The minimum atomic E-state index is -1.03. The molecule has 0 spiro atoms. The smallest absolute Gasteiger partial charge is 0.322 e. The molecule has 0 radical (unpaired) electrons. The molecule has 5 atom stereocenters. The van der Waals surface area contributed by atoms with Gasteiger partial charge in [0.25, 0.3) is 5.91 Å². The Balaban J connectivity index is 2.77. The fraction of sp³-hybridized carbons (Fsp3) is 0.714. The first kappa shape index (κ1) is 26.6. The van der Waals surface area contributed by atoms with Crippen molar-refractivity contribution >= 4 is 23.7 Å². The Kier molecular flexibility index (Phi) is 10.6. The fourth-order valence-corrected chi connectivity index (χ4v) is 3.33. The third-order valence-electron chi connectivity index (χ3n) is 5.29. The van der Waals surface area contributed by atoms with Crippen molar-refractivity contribution in [2.75, 3.05) is 13.7 Å². The lowest BCUT2D eigenvalue weighted by Crippen LogP contribution is -2.61. The van der Waals surface area contributed by atoms with Crippen molar-refractivity contribution in [3.05, 3.63) is 12.2 Å². The van der Waals surface area contributed by atoms with Gasteiger partial charge in [-0.3, -0.25) is 24.2 Å². The molecule has 1 fully saturated rings. The van der Waals surface area contributed by atoms with E-state index >= 15 is 0 Å². The van der Waals surface area contributed by atoms with Crippen molar-refractivity contribution in [2.45, 2.75) is 71.7 Å². The number of carbonyl (C=O) groups is 4. The molecule has 10 heteroatoms. The van der Waals surface area contributed by atoms with Gasteiger partial charge in [0.2, 0.25) is 11.8 Å². The molecule has 1 rings (SSSR count). The highest BCUT2D eigenvalue weighted by molar-refractivity contribution is 5.92. The molecule has 5 unspecified atom stereocenters. The summed E-state index contributed by atoms with van der Waals surface area (Å²) in [5.41, 5.74) is 2.68. The molecule has 4 N–H and O–H groups in total. The van der Waals surface area contributed by atoms with Crippen molar-refractivity contribution < 1.29 is 29.0 Å². The van der Waals surface area contributed by atoms with Gasteiger partial charge in [0, 0.05) is 13.7 Å². The number of methoxy groups -OCH3 is 1. The number of amides is 3. The Morgan fingerprint density at radius 2 is 1.77 bits per heavy atom. The van der Waals surface area contributed by atoms with E-state index in [-0.39, 0.29) is 11.8 Å².